The Morgan fingerprint density at radius 2 is 0.680 bits per heavy atom. The number of hydrogen-bond acceptors (Lipinski definition) is 2. The number of benzene rings is 8. The van der Waals surface area contributed by atoms with Crippen LogP contribution in [0.15, 0.2) is 200 Å². The van der Waals surface area contributed by atoms with E-state index in [4.69, 9.17) is 0 Å². The molecule has 9 aromatic rings. The van der Waals surface area contributed by atoms with E-state index in [2.05, 4.69) is 205 Å². The highest BCUT2D eigenvalue weighted by molar-refractivity contribution is 7.25. The Labute approximate surface area is 297 Å². The zero-order chi connectivity index (χ0) is 33.3. The van der Waals surface area contributed by atoms with Gasteiger partial charge in [-0.1, -0.05) is 152 Å². The van der Waals surface area contributed by atoms with Crippen molar-refractivity contribution in [3.8, 4) is 44.5 Å². The first kappa shape index (κ1) is 29.9. The van der Waals surface area contributed by atoms with Gasteiger partial charge in [0.1, 0.15) is 0 Å². The van der Waals surface area contributed by atoms with Gasteiger partial charge >= 0.3 is 0 Å². The predicted octanol–water partition coefficient (Wildman–Crippen LogP) is 14.2. The molecule has 0 spiro atoms. The van der Waals surface area contributed by atoms with Crippen LogP contribution in [0.1, 0.15) is 0 Å². The van der Waals surface area contributed by atoms with E-state index in [0.717, 1.165) is 17.1 Å². The number of nitrogens with zero attached hydrogens (tertiary/aromatic N) is 1. The van der Waals surface area contributed by atoms with Crippen molar-refractivity contribution in [2.45, 2.75) is 0 Å². The molecule has 0 aliphatic heterocycles. The molecule has 8 aromatic carbocycles. The average molecular weight is 656 g/mol. The molecule has 0 aliphatic carbocycles. The Morgan fingerprint density at radius 3 is 1.24 bits per heavy atom. The van der Waals surface area contributed by atoms with E-state index < -0.39 is 0 Å². The normalized spacial score (nSPS) is 11.2. The van der Waals surface area contributed by atoms with Crippen LogP contribution in [-0.2, 0) is 0 Å². The number of fused-ring (bicyclic) bond motifs is 3. The molecule has 1 aromatic heterocycles. The lowest BCUT2D eigenvalue weighted by Gasteiger charge is -2.26. The van der Waals surface area contributed by atoms with Gasteiger partial charge in [0.2, 0.25) is 0 Å². The summed E-state index contributed by atoms with van der Waals surface area (Å²) in [6, 6.07) is 72.2. The summed E-state index contributed by atoms with van der Waals surface area (Å²) in [7, 11) is 0. The van der Waals surface area contributed by atoms with Crippen LogP contribution in [0.5, 0.6) is 0 Å². The maximum absolute atomic E-state index is 2.35. The number of hydrogen-bond donors (Lipinski definition) is 0. The summed E-state index contributed by atoms with van der Waals surface area (Å²) in [6.45, 7) is 0. The van der Waals surface area contributed by atoms with Gasteiger partial charge in [0, 0.05) is 37.2 Å². The van der Waals surface area contributed by atoms with Crippen molar-refractivity contribution in [2.75, 3.05) is 4.90 Å². The fourth-order valence-corrected chi connectivity index (χ4v) is 8.13. The molecule has 9 rings (SSSR count). The van der Waals surface area contributed by atoms with Crippen LogP contribution in [0.2, 0.25) is 0 Å². The number of anilines is 3. The molecule has 1 nitrogen and oxygen atoms in total. The minimum Gasteiger partial charge on any atom is -0.311 e. The lowest BCUT2D eigenvalue weighted by molar-refractivity contribution is 1.28. The maximum atomic E-state index is 2.35. The molecule has 0 aliphatic rings. The third-order valence-electron chi connectivity index (χ3n) is 9.52. The minimum atomic E-state index is 1.11. The average Bonchev–Trinajstić information content (AvgIpc) is 3.58. The third kappa shape index (κ3) is 5.66. The molecule has 0 atom stereocenters. The van der Waals surface area contributed by atoms with Crippen LogP contribution < -0.4 is 4.90 Å². The molecule has 2 heteroatoms. The molecule has 0 fully saturated rings. The summed E-state index contributed by atoms with van der Waals surface area (Å²) >= 11 is 1.87. The highest BCUT2D eigenvalue weighted by Crippen LogP contribution is 2.41. The van der Waals surface area contributed by atoms with E-state index >= 15 is 0 Å². The Bertz CT molecular complexity index is 2470. The van der Waals surface area contributed by atoms with Crippen LogP contribution in [0.3, 0.4) is 0 Å². The largest absolute Gasteiger partial charge is 0.311 e. The zero-order valence-corrected chi connectivity index (χ0v) is 28.2. The first-order valence-electron chi connectivity index (χ1n) is 17.0. The molecular formula is C48H33NS. The SMILES string of the molecule is c1ccc(-c2ccc(N(c3ccc(-c4ccccc4)cc3)c3ccc(-c4ccccc4-c4ccc5c(c4)sc4ccccc45)cc3)cc2)cc1. The molecule has 0 radical (unpaired) electrons. The van der Waals surface area contributed by atoms with Gasteiger partial charge in [-0.15, -0.1) is 11.3 Å². The Morgan fingerprint density at radius 1 is 0.280 bits per heavy atom. The van der Waals surface area contributed by atoms with E-state index in [9.17, 15) is 0 Å². The second-order valence-corrected chi connectivity index (χ2v) is 13.6. The van der Waals surface area contributed by atoms with Crippen molar-refractivity contribution in [1.29, 1.82) is 0 Å². The van der Waals surface area contributed by atoms with Crippen molar-refractivity contribution in [1.82, 2.24) is 0 Å². The molecule has 50 heavy (non-hydrogen) atoms. The summed E-state index contributed by atoms with van der Waals surface area (Å²) < 4.78 is 2.65. The summed E-state index contributed by atoms with van der Waals surface area (Å²) in [6.07, 6.45) is 0. The number of thiophene rings is 1. The van der Waals surface area contributed by atoms with Crippen molar-refractivity contribution < 1.29 is 0 Å². The predicted molar refractivity (Wildman–Crippen MR) is 216 cm³/mol. The van der Waals surface area contributed by atoms with Crippen molar-refractivity contribution in [2.24, 2.45) is 0 Å². The lowest BCUT2D eigenvalue weighted by Crippen LogP contribution is -2.09. The second-order valence-electron chi connectivity index (χ2n) is 12.6. The fraction of sp³-hybridized carbons (Fsp3) is 0. The van der Waals surface area contributed by atoms with Gasteiger partial charge in [-0.2, -0.15) is 0 Å². The topological polar surface area (TPSA) is 3.24 Å². The van der Waals surface area contributed by atoms with Gasteiger partial charge in [0.25, 0.3) is 0 Å². The van der Waals surface area contributed by atoms with Crippen molar-refractivity contribution in [3.63, 3.8) is 0 Å². The monoisotopic (exact) mass is 655 g/mol. The third-order valence-corrected chi connectivity index (χ3v) is 10.7. The zero-order valence-electron chi connectivity index (χ0n) is 27.4. The van der Waals surface area contributed by atoms with Gasteiger partial charge < -0.3 is 4.90 Å². The van der Waals surface area contributed by atoms with Crippen LogP contribution in [-0.4, -0.2) is 0 Å². The van der Waals surface area contributed by atoms with Crippen molar-refractivity contribution >= 4 is 48.6 Å². The van der Waals surface area contributed by atoms with E-state index in [1.54, 1.807) is 0 Å². The second kappa shape index (κ2) is 13.0. The summed E-state index contributed by atoms with van der Waals surface area (Å²) in [5.74, 6) is 0. The molecule has 0 saturated heterocycles. The summed E-state index contributed by atoms with van der Waals surface area (Å²) in [5, 5.41) is 2.65. The van der Waals surface area contributed by atoms with E-state index in [1.807, 2.05) is 11.3 Å². The molecule has 1 heterocycles. The van der Waals surface area contributed by atoms with Crippen LogP contribution >= 0.6 is 11.3 Å². The van der Waals surface area contributed by atoms with Gasteiger partial charge in [0.15, 0.2) is 0 Å². The number of rotatable bonds is 7. The van der Waals surface area contributed by atoms with Crippen LogP contribution in [0.25, 0.3) is 64.7 Å². The first-order valence-corrected chi connectivity index (χ1v) is 17.8. The highest BCUT2D eigenvalue weighted by Gasteiger charge is 2.15. The van der Waals surface area contributed by atoms with Crippen molar-refractivity contribution in [3.05, 3.63) is 200 Å². The maximum Gasteiger partial charge on any atom is 0.0462 e. The standard InChI is InChI=1S/C48H33NS/c1-3-11-34(12-4-1)36-19-26-40(27-20-36)49(41-28-21-37(22-29-41)35-13-5-2-6-14-35)42-30-23-38(24-31-42)43-15-7-8-16-44(43)39-25-32-46-45-17-9-10-18-47(45)50-48(46)33-39/h1-33H. The summed E-state index contributed by atoms with van der Waals surface area (Å²) in [4.78, 5) is 2.34. The fourth-order valence-electron chi connectivity index (χ4n) is 6.98. The molecule has 0 bridgehead atoms. The molecule has 0 N–H and O–H groups in total. The Kier molecular flexibility index (Phi) is 7.77. The smallest absolute Gasteiger partial charge is 0.0462 e. The van der Waals surface area contributed by atoms with Gasteiger partial charge in [-0.05, 0) is 93.0 Å². The molecule has 236 valence electrons. The lowest BCUT2D eigenvalue weighted by atomic mass is 9.94. The van der Waals surface area contributed by atoms with Gasteiger partial charge in [0.05, 0.1) is 0 Å². The molecule has 0 saturated carbocycles. The van der Waals surface area contributed by atoms with Gasteiger partial charge in [-0.25, -0.2) is 0 Å². The van der Waals surface area contributed by atoms with Gasteiger partial charge in [-0.3, -0.25) is 0 Å². The Hall–Kier alpha value is -6.22. The summed E-state index contributed by atoms with van der Waals surface area (Å²) in [5.41, 5.74) is 13.1. The first-order chi connectivity index (χ1) is 24.8. The van der Waals surface area contributed by atoms with E-state index in [-0.39, 0.29) is 0 Å². The van der Waals surface area contributed by atoms with E-state index in [1.165, 1.54) is 64.7 Å². The quantitative estimate of drug-likeness (QED) is 0.165. The minimum absolute atomic E-state index is 1.11. The van der Waals surface area contributed by atoms with E-state index in [0.29, 0.717) is 0 Å². The Balaban J connectivity index is 1.09. The van der Waals surface area contributed by atoms with Crippen LogP contribution in [0, 0.1) is 0 Å². The molecular weight excluding hydrogens is 623 g/mol. The molecule has 0 unspecified atom stereocenters. The van der Waals surface area contributed by atoms with Crippen LogP contribution in [0.4, 0.5) is 17.1 Å². The molecule has 0 amide bonds. The highest BCUT2D eigenvalue weighted by atomic mass is 32.1.